The Labute approximate surface area is 222 Å². The van der Waals surface area contributed by atoms with E-state index in [9.17, 15) is 9.59 Å². The number of benzene rings is 3. The number of rotatable bonds is 10. The predicted octanol–water partition coefficient (Wildman–Crippen LogP) is 5.32. The molecule has 5 rings (SSSR count). The summed E-state index contributed by atoms with van der Waals surface area (Å²) in [5.74, 6) is 0.430. The lowest BCUT2D eigenvalue weighted by molar-refractivity contribution is -0.126. The molecule has 0 aromatic heterocycles. The molecule has 3 aromatic carbocycles. The van der Waals surface area contributed by atoms with E-state index >= 15 is 0 Å². The molecule has 2 aliphatic heterocycles. The van der Waals surface area contributed by atoms with E-state index in [4.69, 9.17) is 19.0 Å². The molecule has 198 valence electrons. The highest BCUT2D eigenvalue weighted by atomic mass is 16.7. The summed E-state index contributed by atoms with van der Waals surface area (Å²) in [7, 11) is 1.59. The quantitative estimate of drug-likeness (QED) is 0.266. The summed E-state index contributed by atoms with van der Waals surface area (Å²) in [5, 5.41) is 1.67. The summed E-state index contributed by atoms with van der Waals surface area (Å²) < 4.78 is 17.1. The van der Waals surface area contributed by atoms with Gasteiger partial charge in [-0.25, -0.2) is 9.96 Å². The van der Waals surface area contributed by atoms with Crippen LogP contribution in [0.4, 0.5) is 11.4 Å². The maximum Gasteiger partial charge on any atom is 0.266 e. The lowest BCUT2D eigenvalue weighted by atomic mass is 9.90. The number of carbonyl (C=O) groups is 2. The van der Waals surface area contributed by atoms with Gasteiger partial charge in [-0.15, -0.1) is 0 Å². The Bertz CT molecular complexity index is 1280. The first kappa shape index (κ1) is 25.6. The third-order valence-corrected chi connectivity index (χ3v) is 6.82. The molecule has 0 radical (unpaired) electrons. The number of hydrogen-bond acceptors (Lipinski definition) is 7. The van der Waals surface area contributed by atoms with E-state index in [1.807, 2.05) is 55.5 Å². The van der Waals surface area contributed by atoms with E-state index in [0.29, 0.717) is 36.1 Å². The van der Waals surface area contributed by atoms with Crippen LogP contribution in [0, 0.1) is 5.92 Å². The molecule has 0 N–H and O–H groups in total. The summed E-state index contributed by atoms with van der Waals surface area (Å²) in [6, 6.07) is 21.5. The molecule has 0 bridgehead atoms. The minimum Gasteiger partial charge on any atom is -0.494 e. The second-order valence-corrected chi connectivity index (χ2v) is 9.21. The molecule has 38 heavy (non-hydrogen) atoms. The number of nitrogens with zero attached hydrogens (tertiary/aromatic N) is 2. The number of amides is 2. The van der Waals surface area contributed by atoms with Crippen molar-refractivity contribution in [2.75, 3.05) is 30.3 Å². The van der Waals surface area contributed by atoms with Gasteiger partial charge in [-0.2, -0.15) is 0 Å². The zero-order valence-electron chi connectivity index (χ0n) is 21.8. The maximum atomic E-state index is 13.9. The number of anilines is 2. The average Bonchev–Trinajstić information content (AvgIpc) is 3.46. The van der Waals surface area contributed by atoms with Crippen molar-refractivity contribution in [2.24, 2.45) is 5.92 Å². The van der Waals surface area contributed by atoms with Gasteiger partial charge in [-0.05, 0) is 67.4 Å². The molecule has 0 aliphatic carbocycles. The first-order chi connectivity index (χ1) is 18.6. The molecular formula is C30H32N2O6. The van der Waals surface area contributed by atoms with E-state index < -0.39 is 18.1 Å². The Balaban J connectivity index is 1.51. The van der Waals surface area contributed by atoms with Crippen molar-refractivity contribution in [3.8, 4) is 17.2 Å². The average molecular weight is 517 g/mol. The standard InChI is InChI=1S/C30H32N2O6/c1-4-6-18-37-24-17-12-20(19-25(24)35-3)27-26-28(38-32(27)22-10-8-7-9-11-22)30(34)31(29(26)33)21-13-15-23(16-14-21)36-5-2/h7-17,19,26-28H,4-6,18H2,1-3H3/t26-,27-,28+/m1/s1. The zero-order valence-corrected chi connectivity index (χ0v) is 21.8. The molecular weight excluding hydrogens is 484 g/mol. The van der Waals surface area contributed by atoms with Crippen molar-refractivity contribution in [2.45, 2.75) is 38.8 Å². The Morgan fingerprint density at radius 1 is 0.842 bits per heavy atom. The molecule has 2 aliphatic rings. The highest BCUT2D eigenvalue weighted by molar-refractivity contribution is 6.23. The minimum atomic E-state index is -0.953. The summed E-state index contributed by atoms with van der Waals surface area (Å²) >= 11 is 0. The van der Waals surface area contributed by atoms with Crippen LogP contribution < -0.4 is 24.2 Å². The highest BCUT2D eigenvalue weighted by Gasteiger charge is 2.60. The Morgan fingerprint density at radius 3 is 2.29 bits per heavy atom. The van der Waals surface area contributed by atoms with Gasteiger partial charge in [0.1, 0.15) is 11.7 Å². The van der Waals surface area contributed by atoms with Crippen LogP contribution in [-0.2, 0) is 14.4 Å². The Hall–Kier alpha value is -4.04. The Kier molecular flexibility index (Phi) is 7.51. The lowest BCUT2D eigenvalue weighted by Crippen LogP contribution is -2.37. The molecule has 3 atom stereocenters. The fourth-order valence-electron chi connectivity index (χ4n) is 4.98. The Morgan fingerprint density at radius 2 is 1.61 bits per heavy atom. The maximum absolute atomic E-state index is 13.9. The third-order valence-electron chi connectivity index (χ3n) is 6.82. The zero-order chi connectivity index (χ0) is 26.6. The first-order valence-corrected chi connectivity index (χ1v) is 13.0. The molecule has 2 fully saturated rings. The molecule has 0 unspecified atom stereocenters. The van der Waals surface area contributed by atoms with Crippen molar-refractivity contribution < 1.29 is 28.6 Å². The molecule has 2 heterocycles. The van der Waals surface area contributed by atoms with Crippen molar-refractivity contribution in [1.82, 2.24) is 0 Å². The molecule has 0 saturated carbocycles. The van der Waals surface area contributed by atoms with Crippen LogP contribution in [0.15, 0.2) is 72.8 Å². The first-order valence-electron chi connectivity index (χ1n) is 13.0. The number of methoxy groups -OCH3 is 1. The molecule has 2 amide bonds. The molecule has 8 nitrogen and oxygen atoms in total. The fourth-order valence-corrected chi connectivity index (χ4v) is 4.98. The summed E-state index contributed by atoms with van der Waals surface area (Å²) in [6.07, 6.45) is 1.01. The van der Waals surface area contributed by atoms with Gasteiger partial charge in [0, 0.05) is 0 Å². The normalized spacial score (nSPS) is 20.6. The number of ether oxygens (including phenoxy) is 3. The van der Waals surface area contributed by atoms with Crippen LogP contribution in [0.2, 0.25) is 0 Å². The molecule has 0 spiro atoms. The van der Waals surface area contributed by atoms with E-state index in [-0.39, 0.29) is 11.8 Å². The number of carbonyl (C=O) groups excluding carboxylic acids is 2. The van der Waals surface area contributed by atoms with Crippen LogP contribution in [0.5, 0.6) is 17.2 Å². The van der Waals surface area contributed by atoms with Crippen molar-refractivity contribution in [3.63, 3.8) is 0 Å². The third kappa shape index (κ3) is 4.67. The van der Waals surface area contributed by atoms with Crippen molar-refractivity contribution in [3.05, 3.63) is 78.4 Å². The number of para-hydroxylation sites is 1. The van der Waals surface area contributed by atoms with Crippen molar-refractivity contribution >= 4 is 23.2 Å². The summed E-state index contributed by atoms with van der Waals surface area (Å²) in [4.78, 5) is 34.9. The summed E-state index contributed by atoms with van der Waals surface area (Å²) in [6.45, 7) is 5.12. The molecule has 2 saturated heterocycles. The topological polar surface area (TPSA) is 77.5 Å². The molecule has 3 aromatic rings. The number of hydroxylamine groups is 1. The minimum absolute atomic E-state index is 0.310. The van der Waals surface area contributed by atoms with Gasteiger partial charge in [0.05, 0.1) is 37.7 Å². The van der Waals surface area contributed by atoms with Gasteiger partial charge in [0.15, 0.2) is 17.6 Å². The number of hydrogen-bond donors (Lipinski definition) is 0. The van der Waals surface area contributed by atoms with Crippen LogP contribution >= 0.6 is 0 Å². The highest BCUT2D eigenvalue weighted by Crippen LogP contribution is 2.48. The number of unbranched alkanes of at least 4 members (excludes halogenated alkanes) is 1. The van der Waals surface area contributed by atoms with Crippen molar-refractivity contribution in [1.29, 1.82) is 0 Å². The predicted molar refractivity (Wildman–Crippen MR) is 144 cm³/mol. The van der Waals surface area contributed by atoms with E-state index in [1.54, 1.807) is 36.4 Å². The largest absolute Gasteiger partial charge is 0.494 e. The van der Waals surface area contributed by atoms with E-state index in [0.717, 1.165) is 24.1 Å². The van der Waals surface area contributed by atoms with E-state index in [2.05, 4.69) is 6.92 Å². The van der Waals surface area contributed by atoms with Gasteiger partial charge in [0.25, 0.3) is 5.91 Å². The van der Waals surface area contributed by atoms with Crippen LogP contribution in [0.3, 0.4) is 0 Å². The van der Waals surface area contributed by atoms with E-state index in [1.165, 1.54) is 4.90 Å². The second-order valence-electron chi connectivity index (χ2n) is 9.21. The van der Waals surface area contributed by atoms with Gasteiger partial charge < -0.3 is 14.2 Å². The summed E-state index contributed by atoms with van der Waals surface area (Å²) in [5.41, 5.74) is 2.03. The SMILES string of the molecule is CCCCOc1ccc([C@@H]2[C@H]3C(=O)N(c4ccc(OCC)cc4)C(=O)[C@H]3ON2c2ccccc2)cc1OC. The van der Waals surface area contributed by atoms with Gasteiger partial charge in [-0.3, -0.25) is 14.4 Å². The monoisotopic (exact) mass is 516 g/mol. The lowest BCUT2D eigenvalue weighted by Gasteiger charge is -2.29. The van der Waals surface area contributed by atoms with Crippen LogP contribution in [-0.4, -0.2) is 38.2 Å². The molecule has 8 heteroatoms. The van der Waals surface area contributed by atoms with Gasteiger partial charge >= 0.3 is 0 Å². The van der Waals surface area contributed by atoms with Gasteiger partial charge in [-0.1, -0.05) is 37.6 Å². The van der Waals surface area contributed by atoms with Crippen LogP contribution in [0.1, 0.15) is 38.3 Å². The number of fused-ring (bicyclic) bond motifs is 1. The van der Waals surface area contributed by atoms with Gasteiger partial charge in [0.2, 0.25) is 5.91 Å². The second kappa shape index (κ2) is 11.1. The van der Waals surface area contributed by atoms with Crippen LogP contribution in [0.25, 0.3) is 0 Å². The number of imide groups is 1. The fraction of sp³-hybridized carbons (Fsp3) is 0.333. The smallest absolute Gasteiger partial charge is 0.266 e.